The van der Waals surface area contributed by atoms with Gasteiger partial charge in [-0.2, -0.15) is 0 Å². The monoisotopic (exact) mass is 296 g/mol. The number of hydrogen-bond acceptors (Lipinski definition) is 3. The van der Waals surface area contributed by atoms with Gasteiger partial charge in [-0.3, -0.25) is 0 Å². The number of hydrogen-bond donors (Lipinski definition) is 0. The van der Waals surface area contributed by atoms with Gasteiger partial charge in [0.1, 0.15) is 14.0 Å². The molecule has 0 fully saturated rings. The summed E-state index contributed by atoms with van der Waals surface area (Å²) < 4.78 is 91.9. The van der Waals surface area contributed by atoms with E-state index < -0.39 is 27.9 Å². The van der Waals surface area contributed by atoms with Crippen LogP contribution in [0.25, 0.3) is 20.8 Å². The van der Waals surface area contributed by atoms with E-state index in [1.807, 2.05) is 0 Å². The molecule has 20 heavy (non-hydrogen) atoms. The third-order valence-electron chi connectivity index (χ3n) is 2.86. The van der Waals surface area contributed by atoms with E-state index in [1.165, 1.54) is 36.4 Å². The van der Waals surface area contributed by atoms with Gasteiger partial charge in [0.2, 0.25) is 5.36 Å². The van der Waals surface area contributed by atoms with Crippen LogP contribution in [-0.2, 0) is 0 Å². The van der Waals surface area contributed by atoms with Gasteiger partial charge in [0, 0.05) is 40.0 Å². The highest BCUT2D eigenvalue weighted by Crippen LogP contribution is 2.31. The maximum absolute atomic E-state index is 7.59. The van der Waals surface area contributed by atoms with E-state index in [0.29, 0.717) is 30.3 Å². The molecule has 3 rings (SSSR count). The Hall–Kier alpha value is -1.94. The summed E-state index contributed by atoms with van der Waals surface area (Å²) in [5.74, 6) is 0. The fraction of sp³-hybridized carbons (Fsp3) is 0.250. The maximum Gasteiger partial charge on any atom is 0.201 e. The average Bonchev–Trinajstić information content (AvgIpc) is 2.54. The first-order valence-electron chi connectivity index (χ1n) is 11.7. The summed E-state index contributed by atoms with van der Waals surface area (Å²) in [6, 6.07) is 8.45. The molecule has 0 radical (unpaired) electrons. The van der Waals surface area contributed by atoms with Crippen LogP contribution in [-0.4, -0.2) is 32.9 Å². The lowest BCUT2D eigenvalue weighted by Crippen LogP contribution is -2.21. The Labute approximate surface area is 139 Å². The Balaban J connectivity index is 2.29. The molecule has 0 aromatic heterocycles. The molecule has 0 bridgehead atoms. The maximum atomic E-state index is 7.59. The molecule has 1 aromatic rings. The zero-order valence-electron chi connectivity index (χ0n) is 22.2. The van der Waals surface area contributed by atoms with Crippen LogP contribution in [0.4, 0.5) is 5.69 Å². The largest absolute Gasteiger partial charge is 0.378 e. The third kappa shape index (κ3) is 2.27. The van der Waals surface area contributed by atoms with Crippen molar-refractivity contribution in [2.24, 2.45) is 0 Å². The smallest absolute Gasteiger partial charge is 0.201 e. The quantitative estimate of drug-likeness (QED) is 0.508. The van der Waals surface area contributed by atoms with Gasteiger partial charge in [-0.15, -0.1) is 11.3 Å². The minimum atomic E-state index is -2.92. The molecule has 1 heterocycles. The Bertz CT molecular complexity index is 1160. The van der Waals surface area contributed by atoms with Crippen LogP contribution in [0.1, 0.15) is 16.4 Å². The standard InChI is InChI=1S/C16H18N3S/c1-18(2)11-5-7-13-15(9-11)20-16-10-12(19(3)4)6-8-14(16)17-13/h5-10H,1-4H3/q+1/i1D3,2D3,3D3,4D3. The van der Waals surface area contributed by atoms with Gasteiger partial charge in [0.25, 0.3) is 0 Å². The van der Waals surface area contributed by atoms with Crippen LogP contribution in [0, 0.1) is 0 Å². The lowest BCUT2D eigenvalue weighted by atomic mass is 10.2. The second-order valence-electron chi connectivity index (χ2n) is 4.19. The molecule has 0 amide bonds. The summed E-state index contributed by atoms with van der Waals surface area (Å²) in [5, 5.41) is -0.0577. The van der Waals surface area contributed by atoms with Crippen LogP contribution >= 0.6 is 11.3 Å². The fourth-order valence-electron chi connectivity index (χ4n) is 1.88. The minimum absolute atomic E-state index is 0.0577. The first kappa shape index (κ1) is 5.11. The molecule has 0 saturated carbocycles. The molecule has 1 aliphatic heterocycles. The molecule has 102 valence electrons. The normalized spacial score (nSPS) is 22.4. The van der Waals surface area contributed by atoms with Gasteiger partial charge in [-0.1, -0.05) is 0 Å². The van der Waals surface area contributed by atoms with E-state index in [1.54, 1.807) is 0 Å². The van der Waals surface area contributed by atoms with Crippen molar-refractivity contribution < 1.29 is 16.4 Å². The molecule has 0 atom stereocenters. The van der Waals surface area contributed by atoms with Crippen LogP contribution in [0.3, 0.4) is 0 Å². The number of aromatic nitrogens is 1. The molecule has 0 spiro atoms. The lowest BCUT2D eigenvalue weighted by molar-refractivity contribution is 0.814. The molecular formula is C16H18N3S+. The minimum Gasteiger partial charge on any atom is -0.378 e. The SMILES string of the molecule is [2H]C([2H])([2H])N(c1ccc2nc3ccc(=[N+](C([2H])([2H])[2H])C([2H])([2H])[2H])cc-3sc2c1)C([2H])([2H])[2H]. The Kier molecular flexibility index (Phi) is 1.25. The summed E-state index contributed by atoms with van der Waals surface area (Å²) in [6.07, 6.45) is 0. The summed E-state index contributed by atoms with van der Waals surface area (Å²) in [6.45, 7) is -11.7. The molecule has 3 nitrogen and oxygen atoms in total. The summed E-state index contributed by atoms with van der Waals surface area (Å²) in [5.41, 5.74) is 0.884. The number of fused-ring (bicyclic) bond motifs is 2. The van der Waals surface area contributed by atoms with Gasteiger partial charge in [0.15, 0.2) is 0 Å². The predicted molar refractivity (Wildman–Crippen MR) is 87.7 cm³/mol. The molecular weight excluding hydrogens is 266 g/mol. The van der Waals surface area contributed by atoms with Crippen molar-refractivity contribution >= 4 is 27.2 Å². The van der Waals surface area contributed by atoms with E-state index in [0.717, 1.165) is 11.3 Å². The highest BCUT2D eigenvalue weighted by Gasteiger charge is 2.09. The number of benzene rings is 2. The Morgan fingerprint density at radius 1 is 1.15 bits per heavy atom. The fourth-order valence-corrected chi connectivity index (χ4v) is 2.91. The van der Waals surface area contributed by atoms with E-state index in [2.05, 4.69) is 4.98 Å². The van der Waals surface area contributed by atoms with Crippen molar-refractivity contribution in [1.29, 1.82) is 0 Å². The summed E-state index contributed by atoms with van der Waals surface area (Å²) in [7, 11) is 0. The third-order valence-corrected chi connectivity index (χ3v) is 3.96. The van der Waals surface area contributed by atoms with Crippen molar-refractivity contribution in [1.82, 2.24) is 9.56 Å². The summed E-state index contributed by atoms with van der Waals surface area (Å²) in [4.78, 5) is 5.24. The van der Waals surface area contributed by atoms with Gasteiger partial charge in [0.05, 0.1) is 29.0 Å². The van der Waals surface area contributed by atoms with Crippen molar-refractivity contribution in [3.05, 3.63) is 41.8 Å². The van der Waals surface area contributed by atoms with Crippen molar-refractivity contribution in [2.45, 2.75) is 0 Å². The van der Waals surface area contributed by atoms with E-state index in [9.17, 15) is 0 Å². The lowest BCUT2D eigenvalue weighted by Gasteiger charge is -2.13. The Morgan fingerprint density at radius 2 is 2.05 bits per heavy atom. The van der Waals surface area contributed by atoms with Crippen LogP contribution in [0.5, 0.6) is 0 Å². The second-order valence-corrected chi connectivity index (χ2v) is 5.27. The first-order chi connectivity index (χ1) is 14.4. The van der Waals surface area contributed by atoms with Gasteiger partial charge < -0.3 is 4.90 Å². The van der Waals surface area contributed by atoms with Crippen molar-refractivity contribution in [3.8, 4) is 10.6 Å². The highest BCUT2D eigenvalue weighted by atomic mass is 32.1. The van der Waals surface area contributed by atoms with E-state index in [-0.39, 0.29) is 11.0 Å². The molecule has 0 unspecified atom stereocenters. The van der Waals surface area contributed by atoms with Crippen LogP contribution < -0.4 is 14.8 Å². The topological polar surface area (TPSA) is 19.1 Å². The van der Waals surface area contributed by atoms with Crippen molar-refractivity contribution in [3.63, 3.8) is 0 Å². The summed E-state index contributed by atoms with van der Waals surface area (Å²) >= 11 is 1.11. The van der Waals surface area contributed by atoms with Gasteiger partial charge in [-0.05, 0) is 24.3 Å². The molecule has 0 saturated heterocycles. The molecule has 2 aliphatic rings. The Morgan fingerprint density at radius 3 is 2.85 bits per heavy atom. The van der Waals surface area contributed by atoms with Crippen molar-refractivity contribution in [2.75, 3.05) is 32.8 Å². The first-order valence-corrected chi connectivity index (χ1v) is 6.49. The van der Waals surface area contributed by atoms with Gasteiger partial charge in [-0.25, -0.2) is 9.56 Å². The number of anilines is 1. The van der Waals surface area contributed by atoms with Crippen LogP contribution in [0.15, 0.2) is 36.4 Å². The van der Waals surface area contributed by atoms with E-state index >= 15 is 0 Å². The molecule has 0 N–H and O–H groups in total. The van der Waals surface area contributed by atoms with E-state index in [4.69, 9.17) is 16.4 Å². The van der Waals surface area contributed by atoms with Crippen LogP contribution in [0.2, 0.25) is 0 Å². The zero-order chi connectivity index (χ0) is 24.3. The molecule has 1 aliphatic carbocycles. The average molecular weight is 296 g/mol. The number of nitrogens with zero attached hydrogens (tertiary/aromatic N) is 3. The highest BCUT2D eigenvalue weighted by molar-refractivity contribution is 7.21. The van der Waals surface area contributed by atoms with Gasteiger partial charge >= 0.3 is 0 Å². The molecule has 4 heteroatoms. The second kappa shape index (κ2) is 4.87. The number of rotatable bonds is 1. The predicted octanol–water partition coefficient (Wildman–Crippen LogP) is 2.50. The zero-order valence-corrected chi connectivity index (χ0v) is 11.0. The molecule has 1 aromatic carbocycles.